The lowest BCUT2D eigenvalue weighted by Crippen LogP contribution is -2.33. The highest BCUT2D eigenvalue weighted by molar-refractivity contribution is 5.65. The molecule has 0 atom stereocenters. The Hall–Kier alpha value is -1.91. The van der Waals surface area contributed by atoms with Crippen LogP contribution in [0.25, 0.3) is 0 Å². The van der Waals surface area contributed by atoms with Crippen molar-refractivity contribution in [1.29, 1.82) is 0 Å². The third-order valence-electron chi connectivity index (χ3n) is 2.25. The van der Waals surface area contributed by atoms with Crippen molar-refractivity contribution in [3.63, 3.8) is 0 Å². The molecule has 0 spiro atoms. The number of methoxy groups -OCH3 is 1. The van der Waals surface area contributed by atoms with Crippen molar-refractivity contribution < 1.29 is 19.4 Å². The van der Waals surface area contributed by atoms with Crippen LogP contribution in [-0.4, -0.2) is 23.9 Å². The number of carbonyl (C=O) groups is 1. The Morgan fingerprint density at radius 3 is 2.59 bits per heavy atom. The van der Waals surface area contributed by atoms with Crippen molar-refractivity contribution in [1.82, 2.24) is 0 Å². The number of hydrogen-bond acceptors (Lipinski definition) is 4. The third-order valence-corrected chi connectivity index (χ3v) is 2.25. The van der Waals surface area contributed by atoms with Crippen molar-refractivity contribution in [3.05, 3.63) is 23.8 Å². The molecule has 94 valence electrons. The number of aromatic hydroxyl groups is 1. The van der Waals surface area contributed by atoms with Gasteiger partial charge in [0.1, 0.15) is 5.60 Å². The molecule has 0 unspecified atom stereocenters. The van der Waals surface area contributed by atoms with E-state index < -0.39 is 11.7 Å². The zero-order valence-corrected chi connectivity index (χ0v) is 10.2. The molecule has 0 fully saturated rings. The third kappa shape index (κ3) is 3.86. The van der Waals surface area contributed by atoms with Gasteiger partial charge in [0.25, 0.3) is 0 Å². The summed E-state index contributed by atoms with van der Waals surface area (Å²) >= 11 is 0. The van der Waals surface area contributed by atoms with Crippen LogP contribution in [0.5, 0.6) is 11.5 Å². The Morgan fingerprint density at radius 2 is 2.12 bits per heavy atom. The molecular formula is C12H17NO4. The Bertz CT molecular complexity index is 415. The fourth-order valence-corrected chi connectivity index (χ4v) is 1.65. The van der Waals surface area contributed by atoms with Gasteiger partial charge in [0.05, 0.1) is 7.11 Å². The first kappa shape index (κ1) is 13.2. The van der Waals surface area contributed by atoms with Gasteiger partial charge < -0.3 is 20.3 Å². The Kier molecular flexibility index (Phi) is 3.83. The lowest BCUT2D eigenvalue weighted by atomic mass is 9.98. The molecule has 0 bridgehead atoms. The van der Waals surface area contributed by atoms with Crippen molar-refractivity contribution >= 4 is 6.09 Å². The minimum Gasteiger partial charge on any atom is -0.504 e. The highest BCUT2D eigenvalue weighted by Gasteiger charge is 2.22. The summed E-state index contributed by atoms with van der Waals surface area (Å²) in [6, 6.07) is 5.03. The smallest absolute Gasteiger partial charge is 0.405 e. The van der Waals surface area contributed by atoms with Gasteiger partial charge in [-0.15, -0.1) is 0 Å². The molecule has 1 aromatic rings. The summed E-state index contributed by atoms with van der Waals surface area (Å²) in [6.45, 7) is 3.50. The summed E-state index contributed by atoms with van der Waals surface area (Å²) in [5.74, 6) is 0.460. The van der Waals surface area contributed by atoms with Crippen LogP contribution in [-0.2, 0) is 11.2 Å². The van der Waals surface area contributed by atoms with Gasteiger partial charge in [0, 0.05) is 6.42 Å². The molecule has 17 heavy (non-hydrogen) atoms. The Labute approximate surface area is 100 Å². The average molecular weight is 239 g/mol. The molecule has 0 saturated heterocycles. The molecule has 0 aromatic heterocycles. The lowest BCUT2D eigenvalue weighted by molar-refractivity contribution is 0.0460. The maximum atomic E-state index is 10.7. The lowest BCUT2D eigenvalue weighted by Gasteiger charge is -2.24. The number of ether oxygens (including phenoxy) is 2. The number of carbonyl (C=O) groups excluding carboxylic acids is 1. The van der Waals surface area contributed by atoms with E-state index in [1.807, 2.05) is 0 Å². The van der Waals surface area contributed by atoms with Gasteiger partial charge in [0.15, 0.2) is 11.5 Å². The molecule has 0 aliphatic carbocycles. The predicted molar refractivity (Wildman–Crippen MR) is 63.1 cm³/mol. The van der Waals surface area contributed by atoms with E-state index in [1.165, 1.54) is 7.11 Å². The molecule has 0 radical (unpaired) electrons. The van der Waals surface area contributed by atoms with Crippen molar-refractivity contribution in [3.8, 4) is 11.5 Å². The molecule has 0 aliphatic rings. The highest BCUT2D eigenvalue weighted by atomic mass is 16.6. The van der Waals surface area contributed by atoms with E-state index in [-0.39, 0.29) is 5.75 Å². The minimum atomic E-state index is -0.812. The van der Waals surface area contributed by atoms with Crippen LogP contribution in [0, 0.1) is 0 Å². The van der Waals surface area contributed by atoms with Gasteiger partial charge in [-0.1, -0.05) is 6.07 Å². The average Bonchev–Trinajstić information content (AvgIpc) is 2.14. The molecule has 1 amide bonds. The van der Waals surface area contributed by atoms with Crippen LogP contribution in [0.15, 0.2) is 18.2 Å². The molecule has 1 aromatic carbocycles. The number of amides is 1. The number of phenolic OH excluding ortho intramolecular Hbond substituents is 1. The van der Waals surface area contributed by atoms with Crippen LogP contribution in [0.3, 0.4) is 0 Å². The second-order valence-electron chi connectivity index (χ2n) is 4.36. The second-order valence-corrected chi connectivity index (χ2v) is 4.36. The van der Waals surface area contributed by atoms with Crippen LogP contribution < -0.4 is 10.5 Å². The van der Waals surface area contributed by atoms with E-state index in [0.717, 1.165) is 5.56 Å². The van der Waals surface area contributed by atoms with Crippen molar-refractivity contribution in [2.75, 3.05) is 7.11 Å². The zero-order chi connectivity index (χ0) is 13.1. The number of rotatable bonds is 4. The van der Waals surface area contributed by atoms with E-state index in [4.69, 9.17) is 15.2 Å². The molecule has 0 saturated carbocycles. The standard InChI is InChI=1S/C12H17NO4/c1-12(2,17-11(13)15)7-8-4-5-10(16-3)9(14)6-8/h4-6,14H,7H2,1-3H3,(H2,13,15). The number of benzene rings is 1. The first-order chi connectivity index (χ1) is 7.84. The SMILES string of the molecule is COc1ccc(CC(C)(C)OC(N)=O)cc1O. The quantitative estimate of drug-likeness (QED) is 0.839. The van der Waals surface area contributed by atoms with Crippen LogP contribution in [0.1, 0.15) is 19.4 Å². The summed E-state index contributed by atoms with van der Waals surface area (Å²) in [7, 11) is 1.48. The van der Waals surface area contributed by atoms with Gasteiger partial charge in [-0.25, -0.2) is 4.79 Å². The number of hydrogen-bond donors (Lipinski definition) is 2. The topological polar surface area (TPSA) is 81.8 Å². The molecule has 0 aliphatic heterocycles. The first-order valence-corrected chi connectivity index (χ1v) is 5.18. The normalized spacial score (nSPS) is 11.0. The Balaban J connectivity index is 2.81. The van der Waals surface area contributed by atoms with Gasteiger partial charge in [0.2, 0.25) is 0 Å². The first-order valence-electron chi connectivity index (χ1n) is 5.18. The van der Waals surface area contributed by atoms with Gasteiger partial charge in [-0.05, 0) is 31.5 Å². The summed E-state index contributed by atoms with van der Waals surface area (Å²) in [4.78, 5) is 10.7. The largest absolute Gasteiger partial charge is 0.504 e. The minimum absolute atomic E-state index is 0.0554. The van der Waals surface area contributed by atoms with Crippen LogP contribution in [0.4, 0.5) is 4.79 Å². The molecule has 5 heteroatoms. The fraction of sp³-hybridized carbons (Fsp3) is 0.417. The van der Waals surface area contributed by atoms with Crippen molar-refractivity contribution in [2.24, 2.45) is 5.73 Å². The number of phenols is 1. The zero-order valence-electron chi connectivity index (χ0n) is 10.2. The summed E-state index contributed by atoms with van der Waals surface area (Å²) < 4.78 is 9.90. The molecular weight excluding hydrogens is 222 g/mol. The van der Waals surface area contributed by atoms with E-state index in [1.54, 1.807) is 32.0 Å². The maximum Gasteiger partial charge on any atom is 0.405 e. The van der Waals surface area contributed by atoms with Crippen LogP contribution in [0.2, 0.25) is 0 Å². The second kappa shape index (κ2) is 4.95. The summed E-state index contributed by atoms with van der Waals surface area (Å²) in [5.41, 5.74) is 5.09. The monoisotopic (exact) mass is 239 g/mol. The number of primary amides is 1. The maximum absolute atomic E-state index is 10.7. The van der Waals surface area contributed by atoms with Gasteiger partial charge in [-0.3, -0.25) is 0 Å². The fourth-order valence-electron chi connectivity index (χ4n) is 1.65. The molecule has 3 N–H and O–H groups in total. The summed E-state index contributed by atoms with van der Waals surface area (Å²) in [6.07, 6.45) is -0.360. The summed E-state index contributed by atoms with van der Waals surface area (Å²) in [5, 5.41) is 9.61. The molecule has 1 rings (SSSR count). The van der Waals surface area contributed by atoms with E-state index in [9.17, 15) is 9.90 Å². The number of nitrogens with two attached hydrogens (primary N) is 1. The predicted octanol–water partition coefficient (Wildman–Crippen LogP) is 1.82. The van der Waals surface area contributed by atoms with E-state index in [0.29, 0.717) is 12.2 Å². The Morgan fingerprint density at radius 1 is 1.47 bits per heavy atom. The highest BCUT2D eigenvalue weighted by Crippen LogP contribution is 2.28. The van der Waals surface area contributed by atoms with Gasteiger partial charge in [-0.2, -0.15) is 0 Å². The molecule has 5 nitrogen and oxygen atoms in total. The van der Waals surface area contributed by atoms with Gasteiger partial charge >= 0.3 is 6.09 Å². The van der Waals surface area contributed by atoms with E-state index in [2.05, 4.69) is 0 Å². The van der Waals surface area contributed by atoms with E-state index >= 15 is 0 Å². The van der Waals surface area contributed by atoms with Crippen molar-refractivity contribution in [2.45, 2.75) is 25.9 Å². The van der Waals surface area contributed by atoms with Crippen LogP contribution >= 0.6 is 0 Å². The molecule has 0 heterocycles.